The minimum absolute atomic E-state index is 0.376. The molecule has 2 aliphatic rings. The van der Waals surface area contributed by atoms with Gasteiger partial charge in [0.2, 0.25) is 0 Å². The van der Waals surface area contributed by atoms with Crippen molar-refractivity contribution < 1.29 is 0 Å². The highest BCUT2D eigenvalue weighted by molar-refractivity contribution is 4.98. The van der Waals surface area contributed by atoms with Crippen LogP contribution in [0.2, 0.25) is 0 Å². The fourth-order valence-electron chi connectivity index (χ4n) is 2.10. The molecule has 60 valence electrons. The van der Waals surface area contributed by atoms with Crippen LogP contribution in [0.5, 0.6) is 0 Å². The maximum absolute atomic E-state index is 8.58. The van der Waals surface area contributed by atoms with Crippen molar-refractivity contribution in [3.63, 3.8) is 0 Å². The normalized spacial score (nSPS) is 38.1. The van der Waals surface area contributed by atoms with E-state index in [-0.39, 0.29) is 0 Å². The number of likely N-dealkylation sites (tertiary alicyclic amines) is 1. The molecule has 0 radical (unpaired) electrons. The molecule has 0 aromatic heterocycles. The van der Waals surface area contributed by atoms with E-state index in [9.17, 15) is 0 Å². The Morgan fingerprint density at radius 3 is 2.36 bits per heavy atom. The first kappa shape index (κ1) is 7.12. The van der Waals surface area contributed by atoms with Crippen LogP contribution in [0.15, 0.2) is 0 Å². The van der Waals surface area contributed by atoms with Crippen LogP contribution in [0.3, 0.4) is 0 Å². The van der Waals surface area contributed by atoms with E-state index in [0.29, 0.717) is 5.92 Å². The molecule has 0 unspecified atom stereocenters. The molecule has 0 aromatic rings. The van der Waals surface area contributed by atoms with E-state index in [0.717, 1.165) is 18.9 Å². The average molecular weight is 150 g/mol. The van der Waals surface area contributed by atoms with Gasteiger partial charge in [0.05, 0.1) is 6.07 Å². The van der Waals surface area contributed by atoms with Crippen LogP contribution in [-0.2, 0) is 0 Å². The first-order valence-electron chi connectivity index (χ1n) is 4.54. The molecule has 1 aliphatic carbocycles. The molecule has 0 amide bonds. The van der Waals surface area contributed by atoms with E-state index in [1.165, 1.54) is 25.9 Å². The third-order valence-electron chi connectivity index (χ3n) is 2.95. The highest BCUT2D eigenvalue weighted by atomic mass is 15.2. The van der Waals surface area contributed by atoms with Crippen molar-refractivity contribution in [3.8, 4) is 6.07 Å². The summed E-state index contributed by atoms with van der Waals surface area (Å²) >= 11 is 0. The predicted molar refractivity (Wildman–Crippen MR) is 42.9 cm³/mol. The third kappa shape index (κ3) is 1.25. The van der Waals surface area contributed by atoms with Gasteiger partial charge in [-0.3, -0.25) is 0 Å². The van der Waals surface area contributed by atoms with Crippen molar-refractivity contribution >= 4 is 0 Å². The molecule has 1 heterocycles. The Kier molecular flexibility index (Phi) is 1.83. The number of hydrogen-bond acceptors (Lipinski definition) is 2. The van der Waals surface area contributed by atoms with Crippen LogP contribution in [0, 0.1) is 17.2 Å². The smallest absolute Gasteiger partial charge is 0.0657 e. The third-order valence-corrected chi connectivity index (χ3v) is 2.95. The van der Waals surface area contributed by atoms with Gasteiger partial charge in [0.25, 0.3) is 0 Å². The van der Waals surface area contributed by atoms with Crippen LogP contribution >= 0.6 is 0 Å². The fraction of sp³-hybridized carbons (Fsp3) is 0.889. The molecule has 0 aromatic carbocycles. The van der Waals surface area contributed by atoms with Crippen molar-refractivity contribution in [2.24, 2.45) is 5.92 Å². The van der Waals surface area contributed by atoms with Gasteiger partial charge in [-0.1, -0.05) is 0 Å². The van der Waals surface area contributed by atoms with Crippen molar-refractivity contribution in [2.75, 3.05) is 13.1 Å². The quantitative estimate of drug-likeness (QED) is 0.564. The van der Waals surface area contributed by atoms with Gasteiger partial charge in [0, 0.05) is 12.0 Å². The van der Waals surface area contributed by atoms with E-state index in [2.05, 4.69) is 11.0 Å². The molecular formula is C9H14N2. The summed E-state index contributed by atoms with van der Waals surface area (Å²) in [5.74, 6) is 0.376. The number of nitrogens with zero attached hydrogens (tertiary/aromatic N) is 2. The molecule has 0 N–H and O–H groups in total. The topological polar surface area (TPSA) is 27.0 Å². The Hall–Kier alpha value is -0.550. The minimum atomic E-state index is 0.376. The van der Waals surface area contributed by atoms with Crippen molar-refractivity contribution in [3.05, 3.63) is 0 Å². The lowest BCUT2D eigenvalue weighted by Gasteiger charge is -2.37. The summed E-state index contributed by atoms with van der Waals surface area (Å²) in [5, 5.41) is 8.58. The van der Waals surface area contributed by atoms with Gasteiger partial charge in [-0.05, 0) is 38.8 Å². The second-order valence-electron chi connectivity index (χ2n) is 3.69. The zero-order valence-electron chi connectivity index (χ0n) is 6.79. The highest BCUT2D eigenvalue weighted by Crippen LogP contribution is 2.32. The average Bonchev–Trinajstić information content (AvgIpc) is 2.37. The van der Waals surface area contributed by atoms with E-state index < -0.39 is 0 Å². The van der Waals surface area contributed by atoms with E-state index in [4.69, 9.17) is 5.26 Å². The lowest BCUT2D eigenvalue weighted by molar-refractivity contribution is 0.126. The molecule has 2 nitrogen and oxygen atoms in total. The summed E-state index contributed by atoms with van der Waals surface area (Å²) in [6.07, 6.45) is 5.01. The van der Waals surface area contributed by atoms with Gasteiger partial charge in [-0.25, -0.2) is 0 Å². The van der Waals surface area contributed by atoms with Crippen LogP contribution in [0.25, 0.3) is 0 Å². The first-order valence-corrected chi connectivity index (χ1v) is 4.54. The van der Waals surface area contributed by atoms with Gasteiger partial charge >= 0.3 is 0 Å². The second-order valence-corrected chi connectivity index (χ2v) is 3.69. The maximum Gasteiger partial charge on any atom is 0.0657 e. The molecule has 2 rings (SSSR count). The fourth-order valence-corrected chi connectivity index (χ4v) is 2.10. The minimum Gasteiger partial charge on any atom is -0.300 e. The molecule has 1 saturated carbocycles. The zero-order chi connectivity index (χ0) is 7.68. The standard InChI is InChI=1S/C9H14N2/c10-7-8-5-9(6-8)11-3-1-2-4-11/h8-9H,1-6H2. The molecule has 11 heavy (non-hydrogen) atoms. The Morgan fingerprint density at radius 2 is 1.82 bits per heavy atom. The molecule has 1 aliphatic heterocycles. The van der Waals surface area contributed by atoms with E-state index in [1.54, 1.807) is 0 Å². The van der Waals surface area contributed by atoms with Crippen LogP contribution in [0.4, 0.5) is 0 Å². The van der Waals surface area contributed by atoms with Gasteiger partial charge in [0.15, 0.2) is 0 Å². The Labute approximate surface area is 67.8 Å². The summed E-state index contributed by atoms with van der Waals surface area (Å²) in [6.45, 7) is 2.56. The van der Waals surface area contributed by atoms with Crippen molar-refractivity contribution in [1.29, 1.82) is 5.26 Å². The molecule has 0 bridgehead atoms. The molecule has 2 fully saturated rings. The van der Waals surface area contributed by atoms with E-state index >= 15 is 0 Å². The largest absolute Gasteiger partial charge is 0.300 e. The highest BCUT2D eigenvalue weighted by Gasteiger charge is 2.34. The van der Waals surface area contributed by atoms with Gasteiger partial charge < -0.3 is 4.90 Å². The van der Waals surface area contributed by atoms with Crippen molar-refractivity contribution in [1.82, 2.24) is 4.90 Å². The first-order chi connectivity index (χ1) is 5.40. The zero-order valence-corrected chi connectivity index (χ0v) is 6.79. The molecule has 1 saturated heterocycles. The van der Waals surface area contributed by atoms with Crippen LogP contribution in [-0.4, -0.2) is 24.0 Å². The Bertz CT molecular complexity index is 170. The van der Waals surface area contributed by atoms with E-state index in [1.807, 2.05) is 0 Å². The van der Waals surface area contributed by atoms with Crippen LogP contribution < -0.4 is 0 Å². The summed E-state index contributed by atoms with van der Waals surface area (Å²) < 4.78 is 0. The van der Waals surface area contributed by atoms with Gasteiger partial charge in [0.1, 0.15) is 0 Å². The second kappa shape index (κ2) is 2.83. The summed E-state index contributed by atoms with van der Waals surface area (Å²) in [7, 11) is 0. The van der Waals surface area contributed by atoms with Crippen molar-refractivity contribution in [2.45, 2.75) is 31.7 Å². The molecule has 2 heteroatoms. The lowest BCUT2D eigenvalue weighted by Crippen LogP contribution is -2.42. The van der Waals surface area contributed by atoms with Crippen LogP contribution in [0.1, 0.15) is 25.7 Å². The summed E-state index contributed by atoms with van der Waals surface area (Å²) in [4.78, 5) is 2.55. The lowest BCUT2D eigenvalue weighted by atomic mass is 9.80. The predicted octanol–water partition coefficient (Wildman–Crippen LogP) is 1.38. The Morgan fingerprint density at radius 1 is 1.18 bits per heavy atom. The molecular weight excluding hydrogens is 136 g/mol. The number of hydrogen-bond donors (Lipinski definition) is 0. The summed E-state index contributed by atoms with van der Waals surface area (Å²) in [5.41, 5.74) is 0. The Balaban J connectivity index is 1.78. The molecule has 0 atom stereocenters. The molecule has 0 spiro atoms. The number of rotatable bonds is 1. The SMILES string of the molecule is N#CC1CC(N2CCCC2)C1. The maximum atomic E-state index is 8.58. The van der Waals surface area contributed by atoms with Gasteiger partial charge in [-0.15, -0.1) is 0 Å². The monoisotopic (exact) mass is 150 g/mol. The number of nitriles is 1. The van der Waals surface area contributed by atoms with Gasteiger partial charge in [-0.2, -0.15) is 5.26 Å². The summed E-state index contributed by atoms with van der Waals surface area (Å²) in [6, 6.07) is 3.09.